The van der Waals surface area contributed by atoms with E-state index in [4.69, 9.17) is 16.0 Å². The summed E-state index contributed by atoms with van der Waals surface area (Å²) in [6.07, 6.45) is 0. The minimum atomic E-state index is -0.509. The number of nitro benzene ring substituents is 1. The molecule has 1 aromatic heterocycles. The van der Waals surface area contributed by atoms with Crippen molar-refractivity contribution in [2.75, 3.05) is 36.4 Å². The molecule has 170 valence electrons. The number of benzene rings is 2. The van der Waals surface area contributed by atoms with Gasteiger partial charge in [0.25, 0.3) is 11.6 Å². The maximum atomic E-state index is 12.9. The summed E-state index contributed by atoms with van der Waals surface area (Å²) in [5.74, 6) is -0.255. The average molecular weight is 469 g/mol. The highest BCUT2D eigenvalue weighted by atomic mass is 35.5. The Kier molecular flexibility index (Phi) is 6.32. The van der Waals surface area contributed by atoms with Crippen LogP contribution in [0.15, 0.2) is 59.0 Å². The van der Waals surface area contributed by atoms with Gasteiger partial charge in [0.2, 0.25) is 5.91 Å². The smallest absolute Gasteiger partial charge is 0.291 e. The van der Waals surface area contributed by atoms with Crippen LogP contribution >= 0.6 is 11.6 Å². The minimum absolute atomic E-state index is 0.00970. The highest BCUT2D eigenvalue weighted by Crippen LogP contribution is 2.36. The van der Waals surface area contributed by atoms with Gasteiger partial charge in [0.05, 0.1) is 26.9 Å². The number of carbonyl (C=O) groups is 2. The van der Waals surface area contributed by atoms with Gasteiger partial charge < -0.3 is 19.5 Å². The molecule has 0 radical (unpaired) electrons. The summed E-state index contributed by atoms with van der Waals surface area (Å²) in [5.41, 5.74) is 1.35. The Morgan fingerprint density at radius 2 is 1.76 bits per heavy atom. The minimum Gasteiger partial charge on any atom is -0.451 e. The zero-order valence-corrected chi connectivity index (χ0v) is 18.5. The Morgan fingerprint density at radius 3 is 2.45 bits per heavy atom. The fourth-order valence-corrected chi connectivity index (χ4v) is 4.11. The summed E-state index contributed by atoms with van der Waals surface area (Å²) in [5, 5.41) is 14.6. The van der Waals surface area contributed by atoms with E-state index in [0.29, 0.717) is 42.6 Å². The molecule has 0 aliphatic carbocycles. The van der Waals surface area contributed by atoms with Gasteiger partial charge in [0.15, 0.2) is 5.76 Å². The number of nitrogens with zero attached hydrogens (tertiary/aromatic N) is 3. The number of anilines is 2. The highest BCUT2D eigenvalue weighted by molar-refractivity contribution is 6.34. The number of hydrogen-bond acceptors (Lipinski definition) is 6. The summed E-state index contributed by atoms with van der Waals surface area (Å²) in [6, 6.07) is 14.4. The number of halogens is 1. The molecule has 2 aromatic carbocycles. The van der Waals surface area contributed by atoms with E-state index in [-0.39, 0.29) is 28.7 Å². The van der Waals surface area contributed by atoms with E-state index in [9.17, 15) is 19.7 Å². The third-order valence-electron chi connectivity index (χ3n) is 5.47. The van der Waals surface area contributed by atoms with E-state index in [1.165, 1.54) is 18.2 Å². The second-order valence-corrected chi connectivity index (χ2v) is 7.93. The number of para-hydroxylation sites is 2. The molecule has 1 saturated heterocycles. The van der Waals surface area contributed by atoms with Crippen LogP contribution < -0.4 is 10.2 Å². The molecule has 2 amide bonds. The van der Waals surface area contributed by atoms with Crippen LogP contribution in [0.25, 0.3) is 11.3 Å². The van der Waals surface area contributed by atoms with Crippen molar-refractivity contribution < 1.29 is 18.9 Å². The number of amides is 2. The van der Waals surface area contributed by atoms with Crippen molar-refractivity contribution in [1.29, 1.82) is 0 Å². The lowest BCUT2D eigenvalue weighted by Crippen LogP contribution is -2.48. The lowest BCUT2D eigenvalue weighted by atomic mass is 10.1. The molecule has 0 spiro atoms. The molecular formula is C23H21ClN4O5. The third kappa shape index (κ3) is 4.68. The Morgan fingerprint density at radius 1 is 1.03 bits per heavy atom. The summed E-state index contributed by atoms with van der Waals surface area (Å²) in [7, 11) is 0. The van der Waals surface area contributed by atoms with Crippen LogP contribution in [0.5, 0.6) is 0 Å². The van der Waals surface area contributed by atoms with Crippen molar-refractivity contribution in [2.24, 2.45) is 0 Å². The van der Waals surface area contributed by atoms with Crippen LogP contribution in [0, 0.1) is 10.1 Å². The molecule has 1 aliphatic heterocycles. The van der Waals surface area contributed by atoms with Gasteiger partial charge in [0, 0.05) is 39.2 Å². The standard InChI is InChI=1S/C23H21ClN4O5/c1-15(29)26-11-13-27(14-12-26)22-17(24)6-4-7-18(22)25-23(30)21-10-9-20(33-21)16-5-2-3-8-19(16)28(31)32/h2-10H,11-14H2,1H3,(H,25,30). The van der Waals surface area contributed by atoms with Crippen LogP contribution in [-0.2, 0) is 4.79 Å². The molecule has 4 rings (SSSR count). The first-order chi connectivity index (χ1) is 15.8. The molecule has 1 N–H and O–H groups in total. The zero-order chi connectivity index (χ0) is 23.5. The van der Waals surface area contributed by atoms with Crippen LogP contribution in [0.2, 0.25) is 5.02 Å². The van der Waals surface area contributed by atoms with Gasteiger partial charge in [-0.3, -0.25) is 19.7 Å². The topological polar surface area (TPSA) is 109 Å². The van der Waals surface area contributed by atoms with Gasteiger partial charge in [-0.05, 0) is 30.3 Å². The molecule has 3 aromatic rings. The van der Waals surface area contributed by atoms with E-state index in [0.717, 1.165) is 0 Å². The SMILES string of the molecule is CC(=O)N1CCN(c2c(Cl)cccc2NC(=O)c2ccc(-c3ccccc3[N+](=O)[O-])o2)CC1. The van der Waals surface area contributed by atoms with Crippen molar-refractivity contribution in [2.45, 2.75) is 6.92 Å². The molecule has 2 heterocycles. The second-order valence-electron chi connectivity index (χ2n) is 7.52. The summed E-state index contributed by atoms with van der Waals surface area (Å²) in [4.78, 5) is 39.1. The fourth-order valence-electron chi connectivity index (χ4n) is 3.81. The van der Waals surface area contributed by atoms with Crippen molar-refractivity contribution >= 4 is 40.5 Å². The van der Waals surface area contributed by atoms with Crippen LogP contribution in [0.3, 0.4) is 0 Å². The molecule has 0 unspecified atom stereocenters. The second kappa shape index (κ2) is 9.33. The predicted molar refractivity (Wildman–Crippen MR) is 125 cm³/mol. The number of furan rings is 1. The molecule has 0 saturated carbocycles. The Bertz CT molecular complexity index is 1220. The van der Waals surface area contributed by atoms with Crippen LogP contribution in [0.1, 0.15) is 17.5 Å². The number of piperazine rings is 1. The molecule has 0 atom stereocenters. The quantitative estimate of drug-likeness (QED) is 0.438. The molecule has 1 aliphatic rings. The van der Waals surface area contributed by atoms with Crippen LogP contribution in [0.4, 0.5) is 17.1 Å². The van der Waals surface area contributed by atoms with E-state index < -0.39 is 10.8 Å². The number of rotatable bonds is 5. The largest absolute Gasteiger partial charge is 0.451 e. The lowest BCUT2D eigenvalue weighted by molar-refractivity contribution is -0.384. The molecule has 9 nitrogen and oxygen atoms in total. The molecule has 0 bridgehead atoms. The molecule has 10 heteroatoms. The predicted octanol–water partition coefficient (Wildman–Crippen LogP) is 4.43. The highest BCUT2D eigenvalue weighted by Gasteiger charge is 2.24. The first kappa shape index (κ1) is 22.3. The summed E-state index contributed by atoms with van der Waals surface area (Å²) in [6.45, 7) is 3.82. The molecule has 1 fully saturated rings. The number of carbonyl (C=O) groups excluding carboxylic acids is 2. The number of nitrogens with one attached hydrogen (secondary N) is 1. The van der Waals surface area contributed by atoms with Gasteiger partial charge in [0.1, 0.15) is 5.76 Å². The Labute approximate surface area is 194 Å². The van der Waals surface area contributed by atoms with E-state index in [1.54, 1.807) is 48.2 Å². The van der Waals surface area contributed by atoms with E-state index >= 15 is 0 Å². The summed E-state index contributed by atoms with van der Waals surface area (Å²) >= 11 is 6.46. The van der Waals surface area contributed by atoms with Gasteiger partial charge in [-0.15, -0.1) is 0 Å². The Hall–Kier alpha value is -3.85. The fraction of sp³-hybridized carbons (Fsp3) is 0.217. The lowest BCUT2D eigenvalue weighted by Gasteiger charge is -2.36. The van der Waals surface area contributed by atoms with Gasteiger partial charge in [-0.2, -0.15) is 0 Å². The zero-order valence-electron chi connectivity index (χ0n) is 17.8. The van der Waals surface area contributed by atoms with Crippen molar-refractivity contribution in [1.82, 2.24) is 4.90 Å². The van der Waals surface area contributed by atoms with E-state index in [1.807, 2.05) is 4.90 Å². The van der Waals surface area contributed by atoms with Crippen molar-refractivity contribution in [3.8, 4) is 11.3 Å². The first-order valence-electron chi connectivity index (χ1n) is 10.3. The average Bonchev–Trinajstić information content (AvgIpc) is 3.30. The monoisotopic (exact) mass is 468 g/mol. The van der Waals surface area contributed by atoms with Gasteiger partial charge in [-0.25, -0.2) is 0 Å². The normalized spacial score (nSPS) is 13.6. The summed E-state index contributed by atoms with van der Waals surface area (Å²) < 4.78 is 5.64. The number of nitro groups is 1. The van der Waals surface area contributed by atoms with Crippen LogP contribution in [-0.4, -0.2) is 47.8 Å². The maximum Gasteiger partial charge on any atom is 0.291 e. The first-order valence-corrected chi connectivity index (χ1v) is 10.7. The third-order valence-corrected chi connectivity index (χ3v) is 5.78. The Balaban J connectivity index is 1.55. The van der Waals surface area contributed by atoms with Gasteiger partial charge in [-0.1, -0.05) is 29.8 Å². The maximum absolute atomic E-state index is 12.9. The van der Waals surface area contributed by atoms with Crippen molar-refractivity contribution in [3.05, 3.63) is 75.5 Å². The molecule has 33 heavy (non-hydrogen) atoms. The van der Waals surface area contributed by atoms with Gasteiger partial charge >= 0.3 is 0 Å². The molecular weight excluding hydrogens is 448 g/mol. The van der Waals surface area contributed by atoms with Crippen molar-refractivity contribution in [3.63, 3.8) is 0 Å². The number of hydrogen-bond donors (Lipinski definition) is 1. The van der Waals surface area contributed by atoms with E-state index in [2.05, 4.69) is 5.32 Å².